The SMILES string of the molecule is CCCCCCCCCCCCCCCCCCCCCCCCCC/C=C/CC/C=C/C(O)C(COP(=O)(O)OCC[N+](C)(C)C)NC(=O)CCCCCCCCCCCCCCCCC. The van der Waals surface area contributed by atoms with Gasteiger partial charge in [-0.15, -0.1) is 0 Å². The van der Waals surface area contributed by atoms with Crippen molar-refractivity contribution in [3.05, 3.63) is 24.3 Å². The van der Waals surface area contributed by atoms with Crippen LogP contribution in [0.5, 0.6) is 0 Å². The van der Waals surface area contributed by atoms with Crippen LogP contribution in [-0.2, 0) is 18.4 Å². The molecule has 0 heterocycles. The number of hydrogen-bond donors (Lipinski definition) is 3. The van der Waals surface area contributed by atoms with Gasteiger partial charge in [0.1, 0.15) is 13.2 Å². The van der Waals surface area contributed by atoms with E-state index in [0.29, 0.717) is 17.4 Å². The number of aliphatic hydroxyl groups excluding tert-OH is 1. The van der Waals surface area contributed by atoms with Crippen LogP contribution in [0, 0.1) is 0 Å². The van der Waals surface area contributed by atoms with Crippen molar-refractivity contribution in [1.82, 2.24) is 5.32 Å². The molecular formula is C58H116N2O6P+. The average molecular weight is 969 g/mol. The first kappa shape index (κ1) is 66.0. The highest BCUT2D eigenvalue weighted by atomic mass is 31.2. The molecule has 0 aromatic rings. The van der Waals surface area contributed by atoms with Crippen molar-refractivity contribution in [3.8, 4) is 0 Å². The summed E-state index contributed by atoms with van der Waals surface area (Å²) in [6, 6.07) is -0.859. The summed E-state index contributed by atoms with van der Waals surface area (Å²) in [5.74, 6) is -0.182. The number of allylic oxidation sites excluding steroid dienone is 3. The number of aliphatic hydroxyl groups is 1. The van der Waals surface area contributed by atoms with Gasteiger partial charge in [-0.1, -0.05) is 276 Å². The number of likely N-dealkylation sites (N-methyl/N-ethyl adjacent to an activating group) is 1. The number of carbonyl (C=O) groups is 1. The monoisotopic (exact) mass is 968 g/mol. The Bertz CT molecular complexity index is 1140. The molecule has 0 aromatic carbocycles. The molecular weight excluding hydrogens is 852 g/mol. The minimum atomic E-state index is -4.35. The van der Waals surface area contributed by atoms with E-state index in [1.54, 1.807) is 6.08 Å². The minimum Gasteiger partial charge on any atom is -0.387 e. The van der Waals surface area contributed by atoms with Crippen LogP contribution in [0.3, 0.4) is 0 Å². The van der Waals surface area contributed by atoms with E-state index in [1.165, 1.54) is 231 Å². The van der Waals surface area contributed by atoms with Gasteiger partial charge in [0, 0.05) is 6.42 Å². The van der Waals surface area contributed by atoms with Crippen molar-refractivity contribution in [2.24, 2.45) is 0 Å². The molecule has 8 nitrogen and oxygen atoms in total. The molecule has 0 fully saturated rings. The molecule has 0 spiro atoms. The van der Waals surface area contributed by atoms with Gasteiger partial charge in [-0.2, -0.15) is 0 Å². The molecule has 0 aromatic heterocycles. The highest BCUT2D eigenvalue weighted by Gasteiger charge is 2.27. The Morgan fingerprint density at radius 1 is 0.493 bits per heavy atom. The number of amides is 1. The lowest BCUT2D eigenvalue weighted by Gasteiger charge is -2.25. The van der Waals surface area contributed by atoms with Crippen LogP contribution in [0.2, 0.25) is 0 Å². The van der Waals surface area contributed by atoms with Crippen molar-refractivity contribution < 1.29 is 32.9 Å². The van der Waals surface area contributed by atoms with Crippen LogP contribution in [-0.4, -0.2) is 73.4 Å². The van der Waals surface area contributed by atoms with E-state index in [9.17, 15) is 19.4 Å². The molecule has 0 radical (unpaired) electrons. The van der Waals surface area contributed by atoms with E-state index in [-0.39, 0.29) is 19.1 Å². The van der Waals surface area contributed by atoms with Crippen LogP contribution < -0.4 is 5.32 Å². The maximum Gasteiger partial charge on any atom is 0.472 e. The van der Waals surface area contributed by atoms with Gasteiger partial charge in [0.2, 0.25) is 5.91 Å². The lowest BCUT2D eigenvalue weighted by molar-refractivity contribution is -0.870. The van der Waals surface area contributed by atoms with Crippen LogP contribution in [0.15, 0.2) is 24.3 Å². The minimum absolute atomic E-state index is 0.0587. The van der Waals surface area contributed by atoms with E-state index in [2.05, 4.69) is 31.3 Å². The Kier molecular flexibility index (Phi) is 49.2. The van der Waals surface area contributed by atoms with Crippen molar-refractivity contribution in [2.45, 2.75) is 302 Å². The predicted molar refractivity (Wildman–Crippen MR) is 291 cm³/mol. The average Bonchev–Trinajstić information content (AvgIpc) is 3.29. The highest BCUT2D eigenvalue weighted by Crippen LogP contribution is 2.43. The third-order valence-corrected chi connectivity index (χ3v) is 14.4. The van der Waals surface area contributed by atoms with E-state index in [4.69, 9.17) is 9.05 Å². The largest absolute Gasteiger partial charge is 0.472 e. The maximum atomic E-state index is 12.9. The number of quaternary nitrogens is 1. The predicted octanol–water partition coefficient (Wildman–Crippen LogP) is 17.6. The summed E-state index contributed by atoms with van der Waals surface area (Å²) in [6.07, 6.45) is 63.0. The Morgan fingerprint density at radius 2 is 0.821 bits per heavy atom. The lowest BCUT2D eigenvalue weighted by atomic mass is 10.0. The molecule has 3 atom stereocenters. The first-order valence-electron chi connectivity index (χ1n) is 29.2. The topological polar surface area (TPSA) is 105 Å². The summed E-state index contributed by atoms with van der Waals surface area (Å²) in [5.41, 5.74) is 0. The quantitative estimate of drug-likeness (QED) is 0.0243. The Balaban J connectivity index is 4.14. The van der Waals surface area contributed by atoms with Crippen LogP contribution in [0.25, 0.3) is 0 Å². The summed E-state index contributed by atoms with van der Waals surface area (Å²) in [6.45, 7) is 4.83. The molecule has 0 aliphatic heterocycles. The van der Waals surface area contributed by atoms with Crippen molar-refractivity contribution >= 4 is 13.7 Å². The molecule has 398 valence electrons. The van der Waals surface area contributed by atoms with Gasteiger partial charge < -0.3 is 19.8 Å². The zero-order valence-corrected chi connectivity index (χ0v) is 46.3. The first-order valence-corrected chi connectivity index (χ1v) is 30.7. The van der Waals surface area contributed by atoms with E-state index >= 15 is 0 Å². The van der Waals surface area contributed by atoms with Crippen LogP contribution in [0.1, 0.15) is 290 Å². The molecule has 0 saturated carbocycles. The second-order valence-electron chi connectivity index (χ2n) is 21.4. The number of unbranched alkanes of at least 4 members (excludes halogenated alkanes) is 39. The zero-order chi connectivity index (χ0) is 49.2. The normalized spacial score (nSPS) is 14.1. The second-order valence-corrected chi connectivity index (χ2v) is 22.8. The first-order chi connectivity index (χ1) is 32.5. The van der Waals surface area contributed by atoms with Gasteiger partial charge in [-0.05, 0) is 32.1 Å². The molecule has 0 aliphatic rings. The number of hydrogen-bond acceptors (Lipinski definition) is 5. The number of rotatable bonds is 54. The Morgan fingerprint density at radius 3 is 1.19 bits per heavy atom. The number of phosphoric ester groups is 1. The Labute approximate surface area is 417 Å². The summed E-state index contributed by atoms with van der Waals surface area (Å²) in [5, 5.41) is 13.9. The number of nitrogens with zero attached hydrogens (tertiary/aromatic N) is 1. The molecule has 0 bridgehead atoms. The van der Waals surface area contributed by atoms with E-state index in [1.807, 2.05) is 27.2 Å². The summed E-state index contributed by atoms with van der Waals surface area (Å²) in [4.78, 5) is 23.2. The molecule has 3 N–H and O–H groups in total. The van der Waals surface area contributed by atoms with Crippen molar-refractivity contribution in [1.29, 1.82) is 0 Å². The van der Waals surface area contributed by atoms with Gasteiger partial charge in [0.25, 0.3) is 0 Å². The van der Waals surface area contributed by atoms with Gasteiger partial charge in [-0.3, -0.25) is 13.8 Å². The van der Waals surface area contributed by atoms with Crippen LogP contribution in [0.4, 0.5) is 0 Å². The molecule has 0 aliphatic carbocycles. The molecule has 0 rings (SSSR count). The number of carbonyl (C=O) groups excluding carboxylic acids is 1. The van der Waals surface area contributed by atoms with Gasteiger partial charge in [0.15, 0.2) is 0 Å². The van der Waals surface area contributed by atoms with Gasteiger partial charge in [0.05, 0.1) is 39.9 Å². The summed E-state index contributed by atoms with van der Waals surface area (Å²) >= 11 is 0. The molecule has 1 amide bonds. The smallest absolute Gasteiger partial charge is 0.387 e. The fourth-order valence-corrected chi connectivity index (χ4v) is 9.56. The van der Waals surface area contributed by atoms with E-state index in [0.717, 1.165) is 38.5 Å². The highest BCUT2D eigenvalue weighted by molar-refractivity contribution is 7.47. The standard InChI is InChI=1S/C58H115N2O6P/c1-6-8-10-12-14-16-18-20-22-23-24-25-26-27-28-29-30-31-32-33-34-35-36-38-39-41-43-45-47-49-51-57(61)56(55-66-67(63,64)65-54-53-60(3,4)5)59-58(62)52-50-48-46-44-42-40-37-21-19-17-15-13-11-9-7-2/h41,43,49,51,56-57,61H,6-40,42,44-48,50,52-55H2,1-5H3,(H-,59,62,63,64)/p+1/b43-41+,51-49+. The van der Waals surface area contributed by atoms with Crippen molar-refractivity contribution in [2.75, 3.05) is 40.9 Å². The molecule has 9 heteroatoms. The fourth-order valence-electron chi connectivity index (χ4n) is 8.83. The van der Waals surface area contributed by atoms with Crippen molar-refractivity contribution in [3.63, 3.8) is 0 Å². The summed E-state index contributed by atoms with van der Waals surface area (Å²) in [7, 11) is 1.57. The number of nitrogens with one attached hydrogen (secondary N) is 1. The fraction of sp³-hybridized carbons (Fsp3) is 0.914. The van der Waals surface area contributed by atoms with Crippen LogP contribution >= 0.6 is 7.82 Å². The summed E-state index contributed by atoms with van der Waals surface area (Å²) < 4.78 is 23.7. The zero-order valence-electron chi connectivity index (χ0n) is 45.4. The third kappa shape index (κ3) is 52.6. The second kappa shape index (κ2) is 49.9. The van der Waals surface area contributed by atoms with E-state index < -0.39 is 20.0 Å². The molecule has 0 saturated heterocycles. The van der Waals surface area contributed by atoms with Gasteiger partial charge in [-0.25, -0.2) is 4.57 Å². The third-order valence-electron chi connectivity index (χ3n) is 13.4. The molecule has 67 heavy (non-hydrogen) atoms. The number of phosphoric acid groups is 1. The van der Waals surface area contributed by atoms with Gasteiger partial charge >= 0.3 is 7.82 Å². The molecule has 3 unspecified atom stereocenters. The maximum absolute atomic E-state index is 12.9. The lowest BCUT2D eigenvalue weighted by Crippen LogP contribution is -2.45. The Hall–Kier alpha value is -1.02.